The molecule has 0 radical (unpaired) electrons. The van der Waals surface area contributed by atoms with E-state index in [-0.39, 0.29) is 34.7 Å². The predicted molar refractivity (Wildman–Crippen MR) is 98.3 cm³/mol. The van der Waals surface area contributed by atoms with Crippen LogP contribution in [-0.2, 0) is 9.59 Å². The number of aliphatic hydroxyl groups is 1. The Bertz CT molecular complexity index is 579. The number of nitrogens with one attached hydrogen (secondary N) is 1. The van der Waals surface area contributed by atoms with Crippen molar-refractivity contribution in [3.63, 3.8) is 0 Å². The van der Waals surface area contributed by atoms with Crippen LogP contribution in [0.2, 0.25) is 0 Å². The molecular formula is C20H33N3O3. The lowest BCUT2D eigenvalue weighted by Gasteiger charge is -2.48. The molecule has 0 aromatic carbocycles. The van der Waals surface area contributed by atoms with Crippen LogP contribution in [0, 0.1) is 22.7 Å². The number of piperidine rings is 1. The highest BCUT2D eigenvalue weighted by Gasteiger charge is 2.63. The van der Waals surface area contributed by atoms with Gasteiger partial charge < -0.3 is 20.2 Å². The van der Waals surface area contributed by atoms with Crippen molar-refractivity contribution in [2.24, 2.45) is 22.7 Å². The Balaban J connectivity index is 1.48. The molecule has 2 N–H and O–H groups in total. The van der Waals surface area contributed by atoms with Gasteiger partial charge in [0.05, 0.1) is 11.5 Å². The second kappa shape index (κ2) is 6.48. The van der Waals surface area contributed by atoms with Gasteiger partial charge in [-0.15, -0.1) is 0 Å². The molecule has 3 saturated heterocycles. The molecule has 26 heavy (non-hydrogen) atoms. The number of likely N-dealkylation sites (tertiary alicyclic amines) is 2. The van der Waals surface area contributed by atoms with E-state index >= 15 is 0 Å². The Morgan fingerprint density at radius 3 is 2.46 bits per heavy atom. The highest BCUT2D eigenvalue weighted by molar-refractivity contribution is 5.86. The molecule has 6 nitrogen and oxygen atoms in total. The van der Waals surface area contributed by atoms with Gasteiger partial charge >= 0.3 is 0 Å². The minimum absolute atomic E-state index is 0.0123. The first-order valence-electron chi connectivity index (χ1n) is 10.3. The fraction of sp³-hybridized carbons (Fsp3) is 0.900. The molecule has 0 aromatic heterocycles. The molecule has 1 aliphatic carbocycles. The smallest absolute Gasteiger partial charge is 0.228 e. The summed E-state index contributed by atoms with van der Waals surface area (Å²) in [5, 5.41) is 12.6. The maximum absolute atomic E-state index is 12.9. The van der Waals surface area contributed by atoms with Gasteiger partial charge in [-0.3, -0.25) is 9.59 Å². The van der Waals surface area contributed by atoms with Gasteiger partial charge in [0.25, 0.3) is 0 Å². The second-order valence-corrected chi connectivity index (χ2v) is 9.58. The Hall–Kier alpha value is -1.14. The first-order valence-corrected chi connectivity index (χ1v) is 10.3. The third kappa shape index (κ3) is 2.76. The molecule has 3 heterocycles. The summed E-state index contributed by atoms with van der Waals surface area (Å²) < 4.78 is 0. The number of rotatable bonds is 3. The summed E-state index contributed by atoms with van der Waals surface area (Å²) in [6.45, 7) is 9.69. The van der Waals surface area contributed by atoms with Crippen LogP contribution >= 0.6 is 0 Å². The zero-order chi connectivity index (χ0) is 18.5. The minimum atomic E-state index is -0.287. The summed E-state index contributed by atoms with van der Waals surface area (Å²) in [5.74, 6) is 1.07. The van der Waals surface area contributed by atoms with E-state index in [1.165, 1.54) is 0 Å². The van der Waals surface area contributed by atoms with Crippen molar-refractivity contribution in [2.75, 3.05) is 39.3 Å². The van der Waals surface area contributed by atoms with Crippen molar-refractivity contribution in [3.05, 3.63) is 0 Å². The topological polar surface area (TPSA) is 72.9 Å². The summed E-state index contributed by atoms with van der Waals surface area (Å²) in [6, 6.07) is 0. The van der Waals surface area contributed by atoms with Crippen LogP contribution in [0.5, 0.6) is 0 Å². The molecule has 1 atom stereocenters. The Labute approximate surface area is 156 Å². The molecule has 0 aromatic rings. The molecule has 4 aliphatic rings. The molecular weight excluding hydrogens is 330 g/mol. The van der Waals surface area contributed by atoms with Gasteiger partial charge in [0, 0.05) is 50.6 Å². The number of nitrogens with zero attached hydrogens (tertiary/aromatic N) is 2. The molecule has 2 amide bonds. The number of amides is 2. The Kier molecular flexibility index (Phi) is 4.55. The van der Waals surface area contributed by atoms with Crippen molar-refractivity contribution < 1.29 is 14.7 Å². The summed E-state index contributed by atoms with van der Waals surface area (Å²) in [5.41, 5.74) is -0.248. The van der Waals surface area contributed by atoms with Crippen LogP contribution < -0.4 is 5.32 Å². The SMILES string of the molecule is CC(C)CN1CC2(CCN(C(=O)C3CC(O)C3)CC2)C2(CCNC2=O)C1. The van der Waals surface area contributed by atoms with E-state index in [1.54, 1.807) is 0 Å². The molecule has 6 heteroatoms. The van der Waals surface area contributed by atoms with Crippen molar-refractivity contribution in [1.82, 2.24) is 15.1 Å². The number of carbonyl (C=O) groups excluding carboxylic acids is 2. The highest BCUT2D eigenvalue weighted by atomic mass is 16.3. The third-order valence-corrected chi connectivity index (χ3v) is 7.42. The van der Waals surface area contributed by atoms with E-state index in [0.29, 0.717) is 18.8 Å². The van der Waals surface area contributed by atoms with Gasteiger partial charge in [-0.25, -0.2) is 0 Å². The van der Waals surface area contributed by atoms with Gasteiger partial charge in [0.2, 0.25) is 11.8 Å². The van der Waals surface area contributed by atoms with Crippen LogP contribution in [0.1, 0.15) is 46.0 Å². The lowest BCUT2D eigenvalue weighted by atomic mass is 9.60. The quantitative estimate of drug-likeness (QED) is 0.780. The minimum Gasteiger partial charge on any atom is -0.393 e. The third-order valence-electron chi connectivity index (χ3n) is 7.42. The number of hydrogen-bond donors (Lipinski definition) is 2. The van der Waals surface area contributed by atoms with Crippen LogP contribution in [0.25, 0.3) is 0 Å². The molecule has 2 spiro atoms. The molecule has 1 unspecified atom stereocenters. The number of hydrogen-bond acceptors (Lipinski definition) is 4. The van der Waals surface area contributed by atoms with E-state index < -0.39 is 0 Å². The average molecular weight is 364 g/mol. The van der Waals surface area contributed by atoms with Gasteiger partial charge in [0.1, 0.15) is 0 Å². The molecule has 1 saturated carbocycles. The summed E-state index contributed by atoms with van der Waals surface area (Å²) in [4.78, 5) is 30.0. The molecule has 146 valence electrons. The largest absolute Gasteiger partial charge is 0.393 e. The molecule has 4 rings (SSSR count). The van der Waals surface area contributed by atoms with E-state index in [0.717, 1.165) is 58.5 Å². The van der Waals surface area contributed by atoms with Crippen molar-refractivity contribution >= 4 is 11.8 Å². The van der Waals surface area contributed by atoms with Crippen molar-refractivity contribution in [3.8, 4) is 0 Å². The Morgan fingerprint density at radius 2 is 1.92 bits per heavy atom. The number of fused-ring (bicyclic) bond motifs is 1. The maximum Gasteiger partial charge on any atom is 0.228 e. The first-order chi connectivity index (χ1) is 12.4. The van der Waals surface area contributed by atoms with Gasteiger partial charge in [-0.2, -0.15) is 0 Å². The fourth-order valence-electron chi connectivity index (χ4n) is 6.00. The maximum atomic E-state index is 12.9. The molecule has 3 aliphatic heterocycles. The summed E-state index contributed by atoms with van der Waals surface area (Å²) >= 11 is 0. The van der Waals surface area contributed by atoms with Crippen molar-refractivity contribution in [1.29, 1.82) is 0 Å². The van der Waals surface area contributed by atoms with Crippen LogP contribution in [0.15, 0.2) is 0 Å². The van der Waals surface area contributed by atoms with Gasteiger partial charge in [-0.05, 0) is 38.0 Å². The van der Waals surface area contributed by atoms with Gasteiger partial charge in [-0.1, -0.05) is 13.8 Å². The second-order valence-electron chi connectivity index (χ2n) is 9.58. The summed E-state index contributed by atoms with van der Waals surface area (Å²) in [7, 11) is 0. The van der Waals surface area contributed by atoms with Crippen LogP contribution in [0.3, 0.4) is 0 Å². The van der Waals surface area contributed by atoms with Crippen molar-refractivity contribution in [2.45, 2.75) is 52.1 Å². The highest BCUT2D eigenvalue weighted by Crippen LogP contribution is 2.56. The number of aliphatic hydroxyl groups excluding tert-OH is 1. The monoisotopic (exact) mass is 363 g/mol. The normalized spacial score (nSPS) is 36.8. The average Bonchev–Trinajstić information content (AvgIpc) is 3.06. The zero-order valence-electron chi connectivity index (χ0n) is 16.2. The predicted octanol–water partition coefficient (Wildman–Crippen LogP) is 0.844. The van der Waals surface area contributed by atoms with E-state index in [2.05, 4.69) is 24.1 Å². The van der Waals surface area contributed by atoms with Gasteiger partial charge in [0.15, 0.2) is 0 Å². The molecule has 4 fully saturated rings. The number of carbonyl (C=O) groups is 2. The van der Waals surface area contributed by atoms with Crippen LogP contribution in [-0.4, -0.2) is 72.1 Å². The standard InChI is InChI=1S/C20H33N3O3/c1-14(2)11-22-12-19(20(13-22)3-6-21-18(20)26)4-7-23(8-5-19)17(25)15-9-16(24)10-15/h14-16,24H,3-13H2,1-2H3,(H,21,26). The summed E-state index contributed by atoms with van der Waals surface area (Å²) in [6.07, 6.45) is 3.74. The first kappa shape index (κ1) is 18.2. The van der Waals surface area contributed by atoms with E-state index in [1.807, 2.05) is 4.90 Å². The lowest BCUT2D eigenvalue weighted by Crippen LogP contribution is -2.55. The van der Waals surface area contributed by atoms with Crippen LogP contribution in [0.4, 0.5) is 0 Å². The lowest BCUT2D eigenvalue weighted by molar-refractivity contribution is -0.147. The molecule has 0 bridgehead atoms. The van der Waals surface area contributed by atoms with E-state index in [4.69, 9.17) is 0 Å². The zero-order valence-corrected chi connectivity index (χ0v) is 16.2. The van der Waals surface area contributed by atoms with E-state index in [9.17, 15) is 14.7 Å². The fourth-order valence-corrected chi connectivity index (χ4v) is 6.00. The Morgan fingerprint density at radius 1 is 1.23 bits per heavy atom.